The molecule has 1 atom stereocenters. The number of amides is 2. The van der Waals surface area contributed by atoms with E-state index in [1.54, 1.807) is 28.5 Å². The van der Waals surface area contributed by atoms with Gasteiger partial charge in [-0.05, 0) is 43.3 Å². The average Bonchev–Trinajstić information content (AvgIpc) is 3.39. The molecular weight excluding hydrogens is 392 g/mol. The maximum atomic E-state index is 12.9. The number of carbonyl (C=O) groups is 2. The van der Waals surface area contributed by atoms with E-state index in [0.717, 1.165) is 28.4 Å². The molecule has 1 N–H and O–H groups in total. The number of carbonyl (C=O) groups excluding carboxylic acids is 2. The van der Waals surface area contributed by atoms with E-state index >= 15 is 0 Å². The number of rotatable bonds is 4. The standard InChI is InChI=1S/C20H20N4O2S2/c1-13-5-2-8-17(22-13)23-18(25)14-6-3-9-24(12-14)20(26)16-11-21-19(28-16)15-7-4-10-27-15/h2,4-5,7-8,10-11,14H,3,6,9,12H2,1H3,(H,22,23,25). The van der Waals surface area contributed by atoms with Crippen LogP contribution in [0.2, 0.25) is 0 Å². The number of likely N-dealkylation sites (tertiary alicyclic amines) is 1. The Kier molecular flexibility index (Phi) is 5.50. The number of hydrogen-bond donors (Lipinski definition) is 1. The number of thiophene rings is 1. The third-order valence-electron chi connectivity index (χ3n) is 4.67. The molecule has 0 saturated carbocycles. The zero-order valence-corrected chi connectivity index (χ0v) is 17.1. The van der Waals surface area contributed by atoms with Gasteiger partial charge in [-0.3, -0.25) is 9.59 Å². The van der Waals surface area contributed by atoms with Crippen LogP contribution in [0.25, 0.3) is 9.88 Å². The highest BCUT2D eigenvalue weighted by atomic mass is 32.1. The van der Waals surface area contributed by atoms with E-state index in [1.165, 1.54) is 11.3 Å². The molecule has 28 heavy (non-hydrogen) atoms. The first-order valence-corrected chi connectivity index (χ1v) is 10.8. The monoisotopic (exact) mass is 412 g/mol. The van der Waals surface area contributed by atoms with Crippen LogP contribution >= 0.6 is 22.7 Å². The summed E-state index contributed by atoms with van der Waals surface area (Å²) < 4.78 is 0. The number of nitrogens with one attached hydrogen (secondary N) is 1. The van der Waals surface area contributed by atoms with Crippen LogP contribution in [-0.2, 0) is 4.79 Å². The molecule has 1 unspecified atom stereocenters. The smallest absolute Gasteiger partial charge is 0.265 e. The molecule has 144 valence electrons. The quantitative estimate of drug-likeness (QED) is 0.701. The van der Waals surface area contributed by atoms with Gasteiger partial charge < -0.3 is 10.2 Å². The molecule has 3 aromatic rings. The lowest BCUT2D eigenvalue weighted by atomic mass is 9.97. The van der Waals surface area contributed by atoms with Gasteiger partial charge in [0, 0.05) is 18.8 Å². The molecule has 1 fully saturated rings. The highest BCUT2D eigenvalue weighted by Gasteiger charge is 2.30. The normalized spacial score (nSPS) is 16.8. The Bertz CT molecular complexity index is 984. The van der Waals surface area contributed by atoms with Crippen molar-refractivity contribution in [2.75, 3.05) is 18.4 Å². The molecule has 4 rings (SSSR count). The number of piperidine rings is 1. The Morgan fingerprint density at radius 2 is 2.14 bits per heavy atom. The molecule has 8 heteroatoms. The lowest BCUT2D eigenvalue weighted by Gasteiger charge is -2.31. The molecule has 1 aliphatic heterocycles. The van der Waals surface area contributed by atoms with Crippen LogP contribution in [0, 0.1) is 12.8 Å². The molecule has 1 aliphatic rings. The topological polar surface area (TPSA) is 75.2 Å². The molecule has 0 spiro atoms. The first-order chi connectivity index (χ1) is 13.6. The second-order valence-corrected chi connectivity index (χ2v) is 8.73. The fourth-order valence-corrected chi connectivity index (χ4v) is 4.95. The Morgan fingerprint density at radius 3 is 2.93 bits per heavy atom. The van der Waals surface area contributed by atoms with Crippen molar-refractivity contribution < 1.29 is 9.59 Å². The van der Waals surface area contributed by atoms with Gasteiger partial charge in [0.15, 0.2) is 0 Å². The number of pyridine rings is 1. The van der Waals surface area contributed by atoms with Gasteiger partial charge in [0.2, 0.25) is 5.91 Å². The van der Waals surface area contributed by atoms with Crippen LogP contribution < -0.4 is 5.32 Å². The summed E-state index contributed by atoms with van der Waals surface area (Å²) in [5, 5.41) is 5.73. The molecule has 0 aliphatic carbocycles. The van der Waals surface area contributed by atoms with E-state index in [9.17, 15) is 9.59 Å². The molecule has 0 bridgehead atoms. The van der Waals surface area contributed by atoms with Crippen molar-refractivity contribution in [3.8, 4) is 9.88 Å². The van der Waals surface area contributed by atoms with Crippen LogP contribution in [0.1, 0.15) is 28.2 Å². The highest BCUT2D eigenvalue weighted by molar-refractivity contribution is 7.21. The molecule has 0 radical (unpaired) electrons. The summed E-state index contributed by atoms with van der Waals surface area (Å²) in [5.74, 6) is 0.187. The van der Waals surface area contributed by atoms with Crippen molar-refractivity contribution in [3.63, 3.8) is 0 Å². The van der Waals surface area contributed by atoms with Crippen molar-refractivity contribution in [2.24, 2.45) is 5.92 Å². The van der Waals surface area contributed by atoms with E-state index in [4.69, 9.17) is 0 Å². The first-order valence-electron chi connectivity index (χ1n) is 9.13. The number of nitrogens with zero attached hydrogens (tertiary/aromatic N) is 3. The first kappa shape index (κ1) is 18.8. The third-order valence-corrected chi connectivity index (χ3v) is 6.69. The highest BCUT2D eigenvalue weighted by Crippen LogP contribution is 2.30. The molecule has 3 aromatic heterocycles. The van der Waals surface area contributed by atoms with Crippen LogP contribution in [0.5, 0.6) is 0 Å². The summed E-state index contributed by atoms with van der Waals surface area (Å²) in [6, 6.07) is 9.50. The number of hydrogen-bond acceptors (Lipinski definition) is 6. The van der Waals surface area contributed by atoms with Gasteiger partial charge in [0.05, 0.1) is 17.0 Å². The summed E-state index contributed by atoms with van der Waals surface area (Å²) in [7, 11) is 0. The Balaban J connectivity index is 1.42. The molecule has 2 amide bonds. The van der Waals surface area contributed by atoms with Crippen LogP contribution in [0.4, 0.5) is 5.82 Å². The maximum Gasteiger partial charge on any atom is 0.265 e. The maximum absolute atomic E-state index is 12.9. The molecule has 1 saturated heterocycles. The van der Waals surface area contributed by atoms with Gasteiger partial charge in [-0.15, -0.1) is 22.7 Å². The summed E-state index contributed by atoms with van der Waals surface area (Å²) in [4.78, 5) is 37.7. The predicted octanol–water partition coefficient (Wildman–Crippen LogP) is 4.07. The van der Waals surface area contributed by atoms with E-state index in [-0.39, 0.29) is 17.7 Å². The van der Waals surface area contributed by atoms with Crippen molar-refractivity contribution in [1.29, 1.82) is 0 Å². The van der Waals surface area contributed by atoms with E-state index in [1.807, 2.05) is 36.6 Å². The number of anilines is 1. The Hall–Kier alpha value is -2.58. The second kappa shape index (κ2) is 8.20. The lowest BCUT2D eigenvalue weighted by Crippen LogP contribution is -2.43. The summed E-state index contributed by atoms with van der Waals surface area (Å²) in [5.41, 5.74) is 0.852. The second-order valence-electron chi connectivity index (χ2n) is 6.75. The minimum absolute atomic E-state index is 0.0495. The Labute approximate surface area is 171 Å². The number of aromatic nitrogens is 2. The van der Waals surface area contributed by atoms with Gasteiger partial charge in [-0.2, -0.15) is 0 Å². The van der Waals surface area contributed by atoms with Gasteiger partial charge in [-0.1, -0.05) is 12.1 Å². The van der Waals surface area contributed by atoms with Crippen molar-refractivity contribution in [3.05, 3.63) is 52.5 Å². The minimum Gasteiger partial charge on any atom is -0.337 e. The van der Waals surface area contributed by atoms with Gasteiger partial charge in [-0.25, -0.2) is 9.97 Å². The largest absolute Gasteiger partial charge is 0.337 e. The van der Waals surface area contributed by atoms with Gasteiger partial charge >= 0.3 is 0 Å². The molecular formula is C20H20N4O2S2. The summed E-state index contributed by atoms with van der Waals surface area (Å²) >= 11 is 3.01. The fraction of sp³-hybridized carbons (Fsp3) is 0.300. The average molecular weight is 413 g/mol. The predicted molar refractivity (Wildman–Crippen MR) is 112 cm³/mol. The van der Waals surface area contributed by atoms with Gasteiger partial charge in [0.1, 0.15) is 15.7 Å². The van der Waals surface area contributed by atoms with Crippen LogP contribution in [-0.4, -0.2) is 39.8 Å². The molecule has 0 aromatic carbocycles. The van der Waals surface area contributed by atoms with E-state index in [2.05, 4.69) is 15.3 Å². The van der Waals surface area contributed by atoms with Gasteiger partial charge in [0.25, 0.3) is 5.91 Å². The number of aryl methyl sites for hydroxylation is 1. The van der Waals surface area contributed by atoms with Crippen molar-refractivity contribution >= 4 is 40.3 Å². The fourth-order valence-electron chi connectivity index (χ4n) is 3.26. The zero-order valence-electron chi connectivity index (χ0n) is 15.4. The Morgan fingerprint density at radius 1 is 1.25 bits per heavy atom. The van der Waals surface area contributed by atoms with E-state index in [0.29, 0.717) is 23.8 Å². The number of thiazole rings is 1. The minimum atomic E-state index is -0.232. The summed E-state index contributed by atoms with van der Waals surface area (Å²) in [6.45, 7) is 2.97. The van der Waals surface area contributed by atoms with E-state index < -0.39 is 0 Å². The van der Waals surface area contributed by atoms with Crippen LogP contribution in [0.15, 0.2) is 41.9 Å². The summed E-state index contributed by atoms with van der Waals surface area (Å²) in [6.07, 6.45) is 3.22. The van der Waals surface area contributed by atoms with Crippen molar-refractivity contribution in [2.45, 2.75) is 19.8 Å². The third kappa shape index (κ3) is 4.13. The van der Waals surface area contributed by atoms with Crippen molar-refractivity contribution in [1.82, 2.24) is 14.9 Å². The SMILES string of the molecule is Cc1cccc(NC(=O)C2CCCN(C(=O)c3cnc(-c4cccs4)s3)C2)n1. The molecule has 6 nitrogen and oxygen atoms in total. The molecule has 4 heterocycles. The lowest BCUT2D eigenvalue weighted by molar-refractivity contribution is -0.121. The zero-order chi connectivity index (χ0) is 19.5. The van der Waals surface area contributed by atoms with Crippen LogP contribution in [0.3, 0.4) is 0 Å².